The Hall–Kier alpha value is -4.89. The first-order chi connectivity index (χ1) is 41.0. The van der Waals surface area contributed by atoms with Gasteiger partial charge in [-0.25, -0.2) is 0 Å². The van der Waals surface area contributed by atoms with E-state index in [1.54, 1.807) is 0 Å². The number of carbonyl (C=O) groups is 2. The van der Waals surface area contributed by atoms with Crippen LogP contribution in [0.2, 0.25) is 0 Å². The highest BCUT2D eigenvalue weighted by molar-refractivity contribution is 7.45. The predicted molar refractivity (Wildman–Crippen MR) is 359 cm³/mol. The zero-order valence-corrected chi connectivity index (χ0v) is 54.4. The molecular weight excluding hydrogens is 1060 g/mol. The minimum absolute atomic E-state index is 0.0492. The molecule has 0 saturated heterocycles. The number of hydrogen-bond acceptors (Lipinski definition) is 8. The average Bonchev–Trinajstić information content (AvgIpc) is 3.61. The van der Waals surface area contributed by atoms with Crippen LogP contribution in [0, 0.1) is 0 Å². The number of allylic oxidation sites excluding steroid dienone is 30. The zero-order chi connectivity index (χ0) is 61.2. The second-order valence-electron chi connectivity index (χ2n) is 22.0. The number of phosphoric acid groups is 1. The second-order valence-corrected chi connectivity index (χ2v) is 23.4. The first kappa shape index (κ1) is 79.1. The van der Waals surface area contributed by atoms with Crippen LogP contribution >= 0.6 is 7.82 Å². The van der Waals surface area contributed by atoms with Gasteiger partial charge >= 0.3 is 11.9 Å². The van der Waals surface area contributed by atoms with E-state index in [1.807, 2.05) is 21.1 Å². The highest BCUT2D eigenvalue weighted by Crippen LogP contribution is 2.38. The summed E-state index contributed by atoms with van der Waals surface area (Å²) in [6, 6.07) is 0. The molecule has 0 aliphatic rings. The smallest absolute Gasteiger partial charge is 0.306 e. The fourth-order valence-corrected chi connectivity index (χ4v) is 8.73. The molecule has 0 saturated carbocycles. The van der Waals surface area contributed by atoms with Gasteiger partial charge in [0.25, 0.3) is 7.82 Å². The average molecular weight is 1180 g/mol. The molecule has 0 N–H and O–H groups in total. The van der Waals surface area contributed by atoms with E-state index in [0.29, 0.717) is 23.9 Å². The van der Waals surface area contributed by atoms with Gasteiger partial charge in [-0.3, -0.25) is 14.2 Å². The number of ether oxygens (including phenoxy) is 2. The lowest BCUT2D eigenvalue weighted by atomic mass is 10.1. The van der Waals surface area contributed by atoms with Crippen LogP contribution in [-0.2, 0) is 32.7 Å². The number of quaternary nitrogens is 1. The lowest BCUT2D eigenvalue weighted by Gasteiger charge is -2.28. The molecule has 9 nitrogen and oxygen atoms in total. The van der Waals surface area contributed by atoms with Crippen molar-refractivity contribution in [3.05, 3.63) is 182 Å². The first-order valence-electron chi connectivity index (χ1n) is 32.5. The number of hydrogen-bond donors (Lipinski definition) is 0. The van der Waals surface area contributed by atoms with Gasteiger partial charge in [0.05, 0.1) is 27.7 Å². The van der Waals surface area contributed by atoms with Crippen molar-refractivity contribution in [2.75, 3.05) is 47.5 Å². The fraction of sp³-hybridized carbons (Fsp3) is 0.568. The lowest BCUT2D eigenvalue weighted by Crippen LogP contribution is -2.37. The number of carbonyl (C=O) groups excluding carboxylic acids is 2. The van der Waals surface area contributed by atoms with E-state index in [1.165, 1.54) is 38.5 Å². The van der Waals surface area contributed by atoms with E-state index >= 15 is 0 Å². The summed E-state index contributed by atoms with van der Waals surface area (Å²) < 4.78 is 34.2. The fourth-order valence-electron chi connectivity index (χ4n) is 8.00. The minimum atomic E-state index is -4.67. The van der Waals surface area contributed by atoms with Crippen molar-refractivity contribution in [3.8, 4) is 0 Å². The molecule has 0 aromatic heterocycles. The molecule has 84 heavy (non-hydrogen) atoms. The maximum absolute atomic E-state index is 12.8. The molecule has 0 rings (SSSR count). The van der Waals surface area contributed by atoms with Crippen molar-refractivity contribution in [2.45, 2.75) is 225 Å². The minimum Gasteiger partial charge on any atom is -0.756 e. The molecule has 2 unspecified atom stereocenters. The molecule has 0 spiro atoms. The lowest BCUT2D eigenvalue weighted by molar-refractivity contribution is -0.870. The highest BCUT2D eigenvalue weighted by atomic mass is 31.2. The number of nitrogens with zero attached hydrogens (tertiary/aromatic N) is 1. The van der Waals surface area contributed by atoms with Crippen LogP contribution in [0.5, 0.6) is 0 Å². The van der Waals surface area contributed by atoms with Crippen LogP contribution in [0.1, 0.15) is 219 Å². The Morgan fingerprint density at radius 1 is 0.369 bits per heavy atom. The number of rotatable bonds is 57. The normalized spacial score (nSPS) is 14.4. The van der Waals surface area contributed by atoms with Gasteiger partial charge in [0.1, 0.15) is 19.8 Å². The van der Waals surface area contributed by atoms with E-state index in [9.17, 15) is 19.0 Å². The summed E-state index contributed by atoms with van der Waals surface area (Å²) in [4.78, 5) is 38.0. The summed E-state index contributed by atoms with van der Waals surface area (Å²) in [5.74, 6) is -0.892. The molecule has 0 aliphatic carbocycles. The standard InChI is InChI=1S/C74H118NO8P/c1-6-8-10-12-14-16-18-20-22-24-26-28-30-32-34-36-37-39-41-43-45-47-49-51-53-55-57-59-61-63-65-67-74(77)83-72(71-82-84(78,79)81-69-68-75(3,4)5)70-80-73(76)66-64-62-60-58-56-54-52-50-48-46-44-42-40-38-35-33-31-29-27-25-23-21-19-17-15-13-11-9-7-2/h8-11,14-17,20-23,26-29,32-35,37,39-40,42-43,45,49,51,55,57,72H,6-7,12-13,18-19,24-25,30-31,36,38,41,44,46-48,50,52-54,56,58-71H2,1-5H3/b10-8-,11-9-,16-14-,17-15-,22-20-,23-21-,28-26-,29-27-,34-32-,35-33-,39-37-,42-40-,45-43-,51-49-,57-55-. The van der Waals surface area contributed by atoms with Crippen molar-refractivity contribution in [1.29, 1.82) is 0 Å². The summed E-state index contributed by atoms with van der Waals surface area (Å²) in [5.41, 5.74) is 0. The van der Waals surface area contributed by atoms with Gasteiger partial charge in [0.2, 0.25) is 0 Å². The van der Waals surface area contributed by atoms with E-state index in [4.69, 9.17) is 18.5 Å². The van der Waals surface area contributed by atoms with Gasteiger partial charge in [0.15, 0.2) is 6.10 Å². The summed E-state index contributed by atoms with van der Waals surface area (Å²) in [5, 5.41) is 0. The molecule has 0 bridgehead atoms. The topological polar surface area (TPSA) is 111 Å². The summed E-state index contributed by atoms with van der Waals surface area (Å²) >= 11 is 0. The number of unbranched alkanes of at least 4 members (excludes halogenated alkanes) is 13. The Balaban J connectivity index is 4.26. The molecule has 0 aliphatic heterocycles. The van der Waals surface area contributed by atoms with Crippen LogP contribution in [0.25, 0.3) is 0 Å². The summed E-state index contributed by atoms with van der Waals surface area (Å²) in [6.45, 7) is 3.94. The zero-order valence-electron chi connectivity index (χ0n) is 53.5. The number of esters is 2. The Bertz CT molecular complexity index is 2070. The molecular formula is C74H118NO8P. The Labute approximate surface area is 514 Å². The third-order valence-electron chi connectivity index (χ3n) is 12.9. The molecule has 0 radical (unpaired) electrons. The van der Waals surface area contributed by atoms with E-state index in [2.05, 4.69) is 196 Å². The third kappa shape index (κ3) is 66.3. The molecule has 0 amide bonds. The second kappa shape index (κ2) is 62.6. The van der Waals surface area contributed by atoms with Crippen molar-refractivity contribution >= 4 is 19.8 Å². The molecule has 472 valence electrons. The maximum Gasteiger partial charge on any atom is 0.306 e. The molecule has 0 fully saturated rings. The van der Waals surface area contributed by atoms with Crippen molar-refractivity contribution in [1.82, 2.24) is 0 Å². The Kier molecular flexibility index (Phi) is 59.0. The quantitative estimate of drug-likeness (QED) is 0.0195. The predicted octanol–water partition coefficient (Wildman–Crippen LogP) is 20.5. The molecule has 0 aromatic carbocycles. The SMILES string of the molecule is CC/C=C\C/C=C\C/C=C\C/C=C\C/C=C\C/C=C\C/C=C\C/C=C\C/C=C\CCCCCC(=O)OC(COC(=O)CCCCCCCCCCCC/C=C\C/C=C\C/C=C\C/C=C\C/C=C\C/C=C\CC)COP(=O)([O-])OCC[N+](C)(C)C. The van der Waals surface area contributed by atoms with E-state index < -0.39 is 32.5 Å². The van der Waals surface area contributed by atoms with Gasteiger partial charge in [-0.15, -0.1) is 0 Å². The van der Waals surface area contributed by atoms with Crippen LogP contribution in [0.15, 0.2) is 182 Å². The Morgan fingerprint density at radius 3 is 0.964 bits per heavy atom. The van der Waals surface area contributed by atoms with Gasteiger partial charge < -0.3 is 27.9 Å². The third-order valence-corrected chi connectivity index (χ3v) is 13.9. The van der Waals surface area contributed by atoms with Crippen LogP contribution in [-0.4, -0.2) is 70.0 Å². The van der Waals surface area contributed by atoms with E-state index in [-0.39, 0.29) is 26.1 Å². The molecule has 0 aromatic rings. The van der Waals surface area contributed by atoms with Gasteiger partial charge in [-0.1, -0.05) is 254 Å². The van der Waals surface area contributed by atoms with Crippen LogP contribution < -0.4 is 4.89 Å². The van der Waals surface area contributed by atoms with Gasteiger partial charge in [0, 0.05) is 12.8 Å². The highest BCUT2D eigenvalue weighted by Gasteiger charge is 2.22. The van der Waals surface area contributed by atoms with Crippen molar-refractivity contribution in [2.24, 2.45) is 0 Å². The first-order valence-corrected chi connectivity index (χ1v) is 34.0. The molecule has 2 atom stereocenters. The van der Waals surface area contributed by atoms with Gasteiger partial charge in [-0.05, 0) is 135 Å². The summed E-state index contributed by atoms with van der Waals surface area (Å²) in [7, 11) is 1.11. The molecule has 0 heterocycles. The van der Waals surface area contributed by atoms with Gasteiger partial charge in [-0.2, -0.15) is 0 Å². The van der Waals surface area contributed by atoms with Crippen molar-refractivity contribution < 1.29 is 42.1 Å². The van der Waals surface area contributed by atoms with Crippen LogP contribution in [0.4, 0.5) is 0 Å². The van der Waals surface area contributed by atoms with Crippen LogP contribution in [0.3, 0.4) is 0 Å². The van der Waals surface area contributed by atoms with E-state index in [0.717, 1.165) is 141 Å². The molecule has 10 heteroatoms. The Morgan fingerprint density at radius 2 is 0.643 bits per heavy atom. The maximum atomic E-state index is 12.8. The number of phosphoric ester groups is 1. The largest absolute Gasteiger partial charge is 0.756 e. The number of likely N-dealkylation sites (N-methyl/N-ethyl adjacent to an activating group) is 1. The summed E-state index contributed by atoms with van der Waals surface area (Å²) in [6.07, 6.45) is 96.6. The van der Waals surface area contributed by atoms with Crippen molar-refractivity contribution in [3.63, 3.8) is 0 Å². The monoisotopic (exact) mass is 1180 g/mol.